The van der Waals surface area contributed by atoms with Gasteiger partial charge in [-0.2, -0.15) is 0 Å². The van der Waals surface area contributed by atoms with Crippen LogP contribution in [-0.4, -0.2) is 37.5 Å². The molecule has 0 fully saturated rings. The van der Waals surface area contributed by atoms with Crippen molar-refractivity contribution in [1.82, 2.24) is 10.6 Å². The van der Waals surface area contributed by atoms with Gasteiger partial charge in [0.05, 0.1) is 12.7 Å². The number of rotatable bonds is 8. The molecule has 1 unspecified atom stereocenters. The molecule has 3 N–H and O–H groups in total. The summed E-state index contributed by atoms with van der Waals surface area (Å²) in [7, 11) is 1.54. The van der Waals surface area contributed by atoms with Crippen molar-refractivity contribution in [3.8, 4) is 11.1 Å². The second-order valence-electron chi connectivity index (χ2n) is 6.07. The van der Waals surface area contributed by atoms with Crippen molar-refractivity contribution in [2.24, 2.45) is 0 Å². The van der Waals surface area contributed by atoms with E-state index in [0.29, 0.717) is 19.5 Å². The van der Waals surface area contributed by atoms with Gasteiger partial charge in [0, 0.05) is 20.2 Å². The van der Waals surface area contributed by atoms with Gasteiger partial charge in [-0.15, -0.1) is 0 Å². The molecule has 0 radical (unpaired) electrons. The molecule has 0 saturated heterocycles. The van der Waals surface area contributed by atoms with Crippen molar-refractivity contribution in [1.29, 1.82) is 0 Å². The van der Waals surface area contributed by atoms with Crippen LogP contribution in [0.2, 0.25) is 0 Å². The fourth-order valence-corrected chi connectivity index (χ4v) is 2.51. The maximum atomic E-state index is 11.7. The number of carbonyl (C=O) groups is 1. The highest BCUT2D eigenvalue weighted by molar-refractivity contribution is 5.73. The lowest BCUT2D eigenvalue weighted by Gasteiger charge is -2.11. The molecule has 0 bridgehead atoms. The van der Waals surface area contributed by atoms with Crippen LogP contribution >= 0.6 is 0 Å². The molecule has 0 aliphatic heterocycles. The van der Waals surface area contributed by atoms with Crippen molar-refractivity contribution >= 4 is 6.03 Å². The average molecular weight is 342 g/mol. The minimum absolute atomic E-state index is 0.243. The molecule has 2 aromatic rings. The van der Waals surface area contributed by atoms with Crippen LogP contribution < -0.4 is 10.6 Å². The number of methoxy groups -OCH3 is 1. The first-order valence-electron chi connectivity index (χ1n) is 8.43. The molecule has 5 nitrogen and oxygen atoms in total. The first kappa shape index (κ1) is 19.0. The Hall–Kier alpha value is -2.37. The van der Waals surface area contributed by atoms with Crippen LogP contribution in [0.15, 0.2) is 48.5 Å². The minimum atomic E-state index is -0.556. The zero-order chi connectivity index (χ0) is 18.1. The molecule has 0 spiro atoms. The van der Waals surface area contributed by atoms with Gasteiger partial charge in [-0.05, 0) is 30.0 Å². The van der Waals surface area contributed by atoms with E-state index in [1.807, 2.05) is 18.2 Å². The Bertz CT molecular complexity index is 671. The van der Waals surface area contributed by atoms with E-state index >= 15 is 0 Å². The van der Waals surface area contributed by atoms with Gasteiger partial charge in [0.15, 0.2) is 0 Å². The summed E-state index contributed by atoms with van der Waals surface area (Å²) in [6, 6.07) is 16.3. The quantitative estimate of drug-likeness (QED) is 0.691. The Kier molecular flexibility index (Phi) is 7.44. The molecular weight excluding hydrogens is 316 g/mol. The summed E-state index contributed by atoms with van der Waals surface area (Å²) in [4.78, 5) is 11.7. The summed E-state index contributed by atoms with van der Waals surface area (Å²) in [5.74, 6) is 0. The third-order valence-corrected chi connectivity index (χ3v) is 3.88. The van der Waals surface area contributed by atoms with E-state index in [2.05, 4.69) is 47.9 Å². The number of hydrogen-bond acceptors (Lipinski definition) is 3. The molecule has 0 aromatic heterocycles. The second kappa shape index (κ2) is 9.81. The van der Waals surface area contributed by atoms with Crippen LogP contribution in [0, 0.1) is 6.92 Å². The summed E-state index contributed by atoms with van der Waals surface area (Å²) < 4.78 is 4.84. The Morgan fingerprint density at radius 2 is 1.88 bits per heavy atom. The molecule has 2 amide bonds. The fourth-order valence-electron chi connectivity index (χ4n) is 2.51. The highest BCUT2D eigenvalue weighted by atomic mass is 16.5. The maximum absolute atomic E-state index is 11.7. The fraction of sp³-hybridized carbons (Fsp3) is 0.350. The first-order valence-corrected chi connectivity index (χ1v) is 8.43. The van der Waals surface area contributed by atoms with Crippen LogP contribution in [0.1, 0.15) is 17.5 Å². The second-order valence-corrected chi connectivity index (χ2v) is 6.07. The number of carbonyl (C=O) groups excluding carboxylic acids is 1. The van der Waals surface area contributed by atoms with Crippen molar-refractivity contribution in [2.75, 3.05) is 20.3 Å². The lowest BCUT2D eigenvalue weighted by molar-refractivity contribution is 0.0598. The predicted octanol–water partition coefficient (Wildman–Crippen LogP) is 2.86. The van der Waals surface area contributed by atoms with Crippen LogP contribution in [0.25, 0.3) is 11.1 Å². The van der Waals surface area contributed by atoms with Crippen molar-refractivity contribution in [3.05, 3.63) is 59.7 Å². The molecular formula is C20H26N2O3. The molecule has 134 valence electrons. The normalized spacial score (nSPS) is 11.8. The molecule has 0 heterocycles. The Labute approximate surface area is 149 Å². The van der Waals surface area contributed by atoms with Gasteiger partial charge in [-0.25, -0.2) is 4.79 Å². The summed E-state index contributed by atoms with van der Waals surface area (Å²) in [6.07, 6.45) is -0.0913. The SMILES string of the molecule is COCC(O)CCNC(=O)NCc1ccc(-c2cccc(C)c2)cc1. The number of urea groups is 1. The summed E-state index contributed by atoms with van der Waals surface area (Å²) in [5.41, 5.74) is 4.61. The zero-order valence-corrected chi connectivity index (χ0v) is 14.8. The smallest absolute Gasteiger partial charge is 0.315 e. The van der Waals surface area contributed by atoms with E-state index in [1.165, 1.54) is 18.2 Å². The molecule has 0 aliphatic carbocycles. The number of aryl methyl sites for hydroxylation is 1. The van der Waals surface area contributed by atoms with Crippen molar-refractivity contribution in [3.63, 3.8) is 0 Å². The van der Waals surface area contributed by atoms with E-state index in [4.69, 9.17) is 4.74 Å². The summed E-state index contributed by atoms with van der Waals surface area (Å²) in [6.45, 7) is 3.22. The van der Waals surface area contributed by atoms with Crippen molar-refractivity contribution < 1.29 is 14.6 Å². The van der Waals surface area contributed by atoms with Gasteiger partial charge in [-0.3, -0.25) is 0 Å². The van der Waals surface area contributed by atoms with Crippen LogP contribution in [-0.2, 0) is 11.3 Å². The molecule has 1 atom stereocenters. The molecule has 0 saturated carbocycles. The molecule has 2 aromatic carbocycles. The van der Waals surface area contributed by atoms with E-state index in [9.17, 15) is 9.90 Å². The minimum Gasteiger partial charge on any atom is -0.391 e. The molecule has 0 aliphatic rings. The third kappa shape index (κ3) is 6.57. The number of hydrogen-bond donors (Lipinski definition) is 3. The maximum Gasteiger partial charge on any atom is 0.315 e. The molecule has 2 rings (SSSR count). The highest BCUT2D eigenvalue weighted by Gasteiger charge is 2.05. The van der Waals surface area contributed by atoms with Gasteiger partial charge in [0.1, 0.15) is 0 Å². The van der Waals surface area contributed by atoms with Gasteiger partial charge in [-0.1, -0.05) is 54.1 Å². The van der Waals surface area contributed by atoms with Gasteiger partial charge in [0.25, 0.3) is 0 Å². The third-order valence-electron chi connectivity index (χ3n) is 3.88. The Balaban J connectivity index is 1.77. The number of aliphatic hydroxyl groups excluding tert-OH is 1. The van der Waals surface area contributed by atoms with Crippen LogP contribution in [0.4, 0.5) is 4.79 Å². The van der Waals surface area contributed by atoms with Crippen LogP contribution in [0.5, 0.6) is 0 Å². The van der Waals surface area contributed by atoms with E-state index < -0.39 is 6.10 Å². The number of ether oxygens (including phenoxy) is 1. The van der Waals surface area contributed by atoms with Crippen LogP contribution in [0.3, 0.4) is 0 Å². The monoisotopic (exact) mass is 342 g/mol. The average Bonchev–Trinajstić information content (AvgIpc) is 2.61. The summed E-state index contributed by atoms with van der Waals surface area (Å²) in [5, 5.41) is 15.0. The number of nitrogens with one attached hydrogen (secondary N) is 2. The summed E-state index contributed by atoms with van der Waals surface area (Å²) >= 11 is 0. The highest BCUT2D eigenvalue weighted by Crippen LogP contribution is 2.20. The molecule has 25 heavy (non-hydrogen) atoms. The number of aliphatic hydroxyl groups is 1. The van der Waals surface area contributed by atoms with Gasteiger partial charge < -0.3 is 20.5 Å². The molecule has 5 heteroatoms. The largest absolute Gasteiger partial charge is 0.391 e. The Morgan fingerprint density at radius 1 is 1.12 bits per heavy atom. The first-order chi connectivity index (χ1) is 12.1. The zero-order valence-electron chi connectivity index (χ0n) is 14.8. The standard InChI is InChI=1S/C20H26N2O3/c1-15-4-3-5-18(12-15)17-8-6-16(7-9-17)13-22-20(24)21-11-10-19(23)14-25-2/h3-9,12,19,23H,10-11,13-14H2,1-2H3,(H2,21,22,24). The van der Waals surface area contributed by atoms with E-state index in [-0.39, 0.29) is 12.6 Å². The number of amides is 2. The van der Waals surface area contributed by atoms with Gasteiger partial charge >= 0.3 is 6.03 Å². The van der Waals surface area contributed by atoms with E-state index in [0.717, 1.165) is 11.1 Å². The Morgan fingerprint density at radius 3 is 2.56 bits per heavy atom. The predicted molar refractivity (Wildman–Crippen MR) is 99.4 cm³/mol. The lowest BCUT2D eigenvalue weighted by atomic mass is 10.0. The topological polar surface area (TPSA) is 70.6 Å². The van der Waals surface area contributed by atoms with Gasteiger partial charge in [0.2, 0.25) is 0 Å². The lowest BCUT2D eigenvalue weighted by Crippen LogP contribution is -2.36. The number of benzene rings is 2. The van der Waals surface area contributed by atoms with E-state index in [1.54, 1.807) is 0 Å². The van der Waals surface area contributed by atoms with Crippen molar-refractivity contribution in [2.45, 2.75) is 26.0 Å².